The Labute approximate surface area is 132 Å². The van der Waals surface area contributed by atoms with Crippen LogP contribution in [0.5, 0.6) is 11.5 Å². The van der Waals surface area contributed by atoms with E-state index in [0.29, 0.717) is 28.6 Å². The Morgan fingerprint density at radius 3 is 2.70 bits per heavy atom. The molecular formula is C15H16N2O6. The molecule has 2 rings (SSSR count). The van der Waals surface area contributed by atoms with Crippen molar-refractivity contribution in [1.29, 1.82) is 0 Å². The van der Waals surface area contributed by atoms with E-state index >= 15 is 0 Å². The Bertz CT molecular complexity index is 683. The lowest BCUT2D eigenvalue weighted by atomic mass is 10.1. The number of carbonyl (C=O) groups excluding carboxylic acids is 2. The minimum absolute atomic E-state index is 0.00358. The molecule has 1 saturated heterocycles. The van der Waals surface area contributed by atoms with Crippen LogP contribution in [0.15, 0.2) is 23.9 Å². The SMILES string of the molecule is CCOc1cc(C=C2NC(=O)N(CC(=O)O)C2=O)ccc1OC. The van der Waals surface area contributed by atoms with Crippen LogP contribution in [-0.2, 0) is 9.59 Å². The molecule has 0 spiro atoms. The van der Waals surface area contributed by atoms with Crippen LogP contribution < -0.4 is 14.8 Å². The van der Waals surface area contributed by atoms with E-state index in [1.54, 1.807) is 18.2 Å². The Morgan fingerprint density at radius 2 is 2.09 bits per heavy atom. The highest BCUT2D eigenvalue weighted by atomic mass is 16.5. The number of carboxylic acid groups (broad SMARTS) is 1. The summed E-state index contributed by atoms with van der Waals surface area (Å²) in [5.74, 6) is -0.907. The third-order valence-electron chi connectivity index (χ3n) is 3.05. The number of hydrogen-bond donors (Lipinski definition) is 2. The fourth-order valence-corrected chi connectivity index (χ4v) is 2.07. The number of aliphatic carboxylic acids is 1. The second-order valence-corrected chi connectivity index (χ2v) is 4.62. The molecule has 0 radical (unpaired) electrons. The number of rotatable bonds is 6. The third kappa shape index (κ3) is 3.60. The molecule has 23 heavy (non-hydrogen) atoms. The number of methoxy groups -OCH3 is 1. The number of carboxylic acids is 1. The van der Waals surface area contributed by atoms with Gasteiger partial charge in [-0.1, -0.05) is 6.07 Å². The molecule has 1 aliphatic rings. The van der Waals surface area contributed by atoms with E-state index in [-0.39, 0.29) is 5.70 Å². The average Bonchev–Trinajstić information content (AvgIpc) is 2.75. The van der Waals surface area contributed by atoms with E-state index in [2.05, 4.69) is 5.32 Å². The van der Waals surface area contributed by atoms with Crippen molar-refractivity contribution in [2.75, 3.05) is 20.3 Å². The smallest absolute Gasteiger partial charge is 0.329 e. The fourth-order valence-electron chi connectivity index (χ4n) is 2.07. The summed E-state index contributed by atoms with van der Waals surface area (Å²) >= 11 is 0. The maximum Gasteiger partial charge on any atom is 0.329 e. The number of nitrogens with zero attached hydrogens (tertiary/aromatic N) is 1. The molecule has 1 aromatic rings. The predicted octanol–water partition coefficient (Wildman–Crippen LogP) is 1.07. The zero-order valence-corrected chi connectivity index (χ0v) is 12.7. The summed E-state index contributed by atoms with van der Waals surface area (Å²) in [7, 11) is 1.51. The molecule has 0 saturated carbocycles. The molecule has 2 N–H and O–H groups in total. The van der Waals surface area contributed by atoms with Gasteiger partial charge in [0.05, 0.1) is 13.7 Å². The molecule has 0 aromatic heterocycles. The van der Waals surface area contributed by atoms with Crippen molar-refractivity contribution in [2.45, 2.75) is 6.92 Å². The summed E-state index contributed by atoms with van der Waals surface area (Å²) in [5, 5.41) is 11.1. The summed E-state index contributed by atoms with van der Waals surface area (Å²) < 4.78 is 10.6. The number of hydrogen-bond acceptors (Lipinski definition) is 5. The maximum atomic E-state index is 12.0. The van der Waals surface area contributed by atoms with Gasteiger partial charge in [0.25, 0.3) is 5.91 Å². The monoisotopic (exact) mass is 320 g/mol. The van der Waals surface area contributed by atoms with Gasteiger partial charge in [-0.25, -0.2) is 9.69 Å². The van der Waals surface area contributed by atoms with Crippen LogP contribution in [0.25, 0.3) is 6.08 Å². The summed E-state index contributed by atoms with van der Waals surface area (Å²) in [6.45, 7) is 1.59. The van der Waals surface area contributed by atoms with Crippen molar-refractivity contribution >= 4 is 24.0 Å². The van der Waals surface area contributed by atoms with Crippen molar-refractivity contribution in [2.24, 2.45) is 0 Å². The van der Waals surface area contributed by atoms with Crippen LogP contribution in [0, 0.1) is 0 Å². The summed E-state index contributed by atoms with van der Waals surface area (Å²) in [5.41, 5.74) is 0.610. The van der Waals surface area contributed by atoms with Crippen LogP contribution in [0.4, 0.5) is 4.79 Å². The van der Waals surface area contributed by atoms with E-state index < -0.39 is 24.5 Å². The molecule has 8 nitrogen and oxygen atoms in total. The molecule has 1 aromatic carbocycles. The van der Waals surface area contributed by atoms with Crippen LogP contribution in [0.2, 0.25) is 0 Å². The normalized spacial score (nSPS) is 15.7. The first-order valence-corrected chi connectivity index (χ1v) is 6.83. The van der Waals surface area contributed by atoms with Gasteiger partial charge in [-0.15, -0.1) is 0 Å². The summed E-state index contributed by atoms with van der Waals surface area (Å²) in [4.78, 5) is 35.0. The number of nitrogens with one attached hydrogen (secondary N) is 1. The van der Waals surface area contributed by atoms with E-state index in [9.17, 15) is 14.4 Å². The Morgan fingerprint density at radius 1 is 1.35 bits per heavy atom. The second kappa shape index (κ2) is 6.82. The van der Waals surface area contributed by atoms with Crippen LogP contribution >= 0.6 is 0 Å². The van der Waals surface area contributed by atoms with Crippen LogP contribution in [0.3, 0.4) is 0 Å². The number of benzene rings is 1. The Hall–Kier alpha value is -3.03. The predicted molar refractivity (Wildman–Crippen MR) is 80.0 cm³/mol. The largest absolute Gasteiger partial charge is 0.493 e. The van der Waals surface area contributed by atoms with Gasteiger partial charge in [-0.3, -0.25) is 9.59 Å². The summed E-state index contributed by atoms with van der Waals surface area (Å²) in [6.07, 6.45) is 1.45. The third-order valence-corrected chi connectivity index (χ3v) is 3.05. The second-order valence-electron chi connectivity index (χ2n) is 4.62. The minimum atomic E-state index is -1.27. The van der Waals surface area contributed by atoms with E-state index in [0.717, 1.165) is 0 Å². The molecule has 1 aliphatic heterocycles. The number of ether oxygens (including phenoxy) is 2. The lowest BCUT2D eigenvalue weighted by Crippen LogP contribution is -2.35. The first-order chi connectivity index (χ1) is 11.0. The number of urea groups is 1. The van der Waals surface area contributed by atoms with Gasteiger partial charge in [0.1, 0.15) is 12.2 Å². The highest BCUT2D eigenvalue weighted by Gasteiger charge is 2.34. The minimum Gasteiger partial charge on any atom is -0.493 e. The zero-order valence-electron chi connectivity index (χ0n) is 12.7. The zero-order chi connectivity index (χ0) is 17.0. The molecule has 1 fully saturated rings. The lowest BCUT2D eigenvalue weighted by Gasteiger charge is -2.10. The highest BCUT2D eigenvalue weighted by molar-refractivity contribution is 6.15. The molecule has 0 bridgehead atoms. The molecule has 0 atom stereocenters. The summed E-state index contributed by atoms with van der Waals surface area (Å²) in [6, 6.07) is 4.26. The quantitative estimate of drug-likeness (QED) is 0.600. The lowest BCUT2D eigenvalue weighted by molar-refractivity contribution is -0.140. The number of amides is 3. The molecule has 3 amide bonds. The van der Waals surface area contributed by atoms with E-state index in [1.807, 2.05) is 6.92 Å². The van der Waals surface area contributed by atoms with E-state index in [1.165, 1.54) is 13.2 Å². The standard InChI is InChI=1S/C15H16N2O6/c1-3-23-12-7-9(4-5-11(12)22-2)6-10-14(20)17(8-13(18)19)15(21)16-10/h4-7H,3,8H2,1-2H3,(H,16,21)(H,18,19). The van der Waals surface area contributed by atoms with Crippen molar-refractivity contribution in [3.05, 3.63) is 29.5 Å². The van der Waals surface area contributed by atoms with Gasteiger partial charge >= 0.3 is 12.0 Å². The highest BCUT2D eigenvalue weighted by Crippen LogP contribution is 2.29. The molecule has 0 unspecified atom stereocenters. The van der Waals surface area contributed by atoms with Crippen molar-refractivity contribution in [1.82, 2.24) is 10.2 Å². The molecule has 122 valence electrons. The first kappa shape index (κ1) is 16.3. The van der Waals surface area contributed by atoms with Crippen molar-refractivity contribution in [3.63, 3.8) is 0 Å². The molecule has 1 heterocycles. The fraction of sp³-hybridized carbons (Fsp3) is 0.267. The van der Waals surface area contributed by atoms with Gasteiger partial charge < -0.3 is 19.9 Å². The van der Waals surface area contributed by atoms with Crippen LogP contribution in [-0.4, -0.2) is 48.2 Å². The van der Waals surface area contributed by atoms with Crippen LogP contribution in [0.1, 0.15) is 12.5 Å². The van der Waals surface area contributed by atoms with Crippen molar-refractivity contribution < 1.29 is 29.0 Å². The van der Waals surface area contributed by atoms with Crippen molar-refractivity contribution in [3.8, 4) is 11.5 Å². The molecule has 0 aliphatic carbocycles. The van der Waals surface area contributed by atoms with Gasteiger partial charge in [0, 0.05) is 0 Å². The van der Waals surface area contributed by atoms with E-state index in [4.69, 9.17) is 14.6 Å². The average molecular weight is 320 g/mol. The maximum absolute atomic E-state index is 12.0. The molecule has 8 heteroatoms. The Kier molecular flexibility index (Phi) is 4.85. The topological polar surface area (TPSA) is 105 Å². The molecular weight excluding hydrogens is 304 g/mol. The van der Waals surface area contributed by atoms with Gasteiger partial charge in [-0.05, 0) is 30.7 Å². The van der Waals surface area contributed by atoms with Gasteiger partial charge in [-0.2, -0.15) is 0 Å². The first-order valence-electron chi connectivity index (χ1n) is 6.83. The Balaban J connectivity index is 2.28. The van der Waals surface area contributed by atoms with Gasteiger partial charge in [0.15, 0.2) is 11.5 Å². The number of carbonyl (C=O) groups is 3. The van der Waals surface area contributed by atoms with Gasteiger partial charge in [0.2, 0.25) is 0 Å². The number of imide groups is 1.